The normalized spacial score (nSPS) is 10.6. The molecule has 14 heavy (non-hydrogen) atoms. The Hall–Kier alpha value is -0.0100. The monoisotopic (exact) mass is 347 g/mol. The highest BCUT2D eigenvalue weighted by Gasteiger charge is 2.13. The number of rotatable bonds is 3. The molecule has 0 saturated carbocycles. The highest BCUT2D eigenvalue weighted by Crippen LogP contribution is 2.32. The molecule has 0 radical (unpaired) electrons. The van der Waals surface area contributed by atoms with Crippen LogP contribution in [-0.4, -0.2) is 18.9 Å². The van der Waals surface area contributed by atoms with Crippen molar-refractivity contribution < 1.29 is 13.6 Å². The number of amides is 1. The number of hydrogen-bond acceptors (Lipinski definition) is 2. The molecule has 78 valence electrons. The number of halogens is 4. The quantitative estimate of drug-likeness (QED) is 0.892. The predicted octanol–water partition coefficient (Wildman–Crippen LogP) is 3.27. The third-order valence-electron chi connectivity index (χ3n) is 1.29. The van der Waals surface area contributed by atoms with E-state index in [0.29, 0.717) is 4.88 Å². The molecule has 0 aliphatic rings. The van der Waals surface area contributed by atoms with E-state index in [4.69, 9.17) is 0 Å². The fourth-order valence-electron chi connectivity index (χ4n) is 0.715. The number of carbonyl (C=O) groups is 1. The number of hydrogen-bond donors (Lipinski definition) is 1. The zero-order valence-corrected chi connectivity index (χ0v) is 10.7. The van der Waals surface area contributed by atoms with Crippen molar-refractivity contribution in [3.05, 3.63) is 19.2 Å². The van der Waals surface area contributed by atoms with Gasteiger partial charge in [-0.15, -0.1) is 11.3 Å². The Labute approximate surface area is 99.9 Å². The summed E-state index contributed by atoms with van der Waals surface area (Å²) in [5.74, 6) is -0.485. The van der Waals surface area contributed by atoms with Gasteiger partial charge in [-0.25, -0.2) is 8.78 Å². The first-order valence-corrected chi connectivity index (χ1v) is 5.92. The van der Waals surface area contributed by atoms with Crippen LogP contribution in [0.3, 0.4) is 0 Å². The summed E-state index contributed by atoms with van der Waals surface area (Å²) < 4.78 is 25.0. The van der Waals surface area contributed by atoms with Crippen LogP contribution in [0, 0.1) is 0 Å². The van der Waals surface area contributed by atoms with Gasteiger partial charge in [0.15, 0.2) is 0 Å². The summed E-state index contributed by atoms with van der Waals surface area (Å²) in [4.78, 5) is 11.6. The highest BCUT2D eigenvalue weighted by atomic mass is 79.9. The predicted molar refractivity (Wildman–Crippen MR) is 58.1 cm³/mol. The van der Waals surface area contributed by atoms with Crippen LogP contribution in [-0.2, 0) is 0 Å². The second-order valence-electron chi connectivity index (χ2n) is 2.33. The van der Waals surface area contributed by atoms with Crippen molar-refractivity contribution in [3.63, 3.8) is 0 Å². The van der Waals surface area contributed by atoms with Crippen LogP contribution in [0.4, 0.5) is 8.78 Å². The maximum absolute atomic E-state index is 11.8. The molecule has 0 spiro atoms. The number of nitrogens with one attached hydrogen (secondary N) is 1. The lowest BCUT2D eigenvalue weighted by atomic mass is 10.4. The number of alkyl halides is 2. The topological polar surface area (TPSA) is 29.1 Å². The first kappa shape index (κ1) is 12.1. The van der Waals surface area contributed by atoms with Crippen molar-refractivity contribution in [1.82, 2.24) is 5.32 Å². The van der Waals surface area contributed by atoms with E-state index in [1.54, 1.807) is 6.07 Å². The van der Waals surface area contributed by atoms with E-state index in [9.17, 15) is 13.6 Å². The lowest BCUT2D eigenvalue weighted by Gasteiger charge is -2.00. The van der Waals surface area contributed by atoms with Crippen molar-refractivity contribution in [2.45, 2.75) is 6.43 Å². The largest absolute Gasteiger partial charge is 0.346 e. The van der Waals surface area contributed by atoms with Gasteiger partial charge in [0.2, 0.25) is 0 Å². The van der Waals surface area contributed by atoms with Crippen LogP contribution < -0.4 is 5.32 Å². The molecule has 0 aliphatic carbocycles. The molecular weight excluding hydrogens is 344 g/mol. The van der Waals surface area contributed by atoms with Crippen LogP contribution in [0.2, 0.25) is 0 Å². The molecule has 0 aromatic carbocycles. The van der Waals surface area contributed by atoms with Crippen molar-refractivity contribution in [1.29, 1.82) is 0 Å². The smallest absolute Gasteiger partial charge is 0.261 e. The van der Waals surface area contributed by atoms with Crippen molar-refractivity contribution in [2.24, 2.45) is 0 Å². The second kappa shape index (κ2) is 5.18. The molecule has 1 heterocycles. The van der Waals surface area contributed by atoms with Gasteiger partial charge in [0, 0.05) is 4.47 Å². The molecule has 7 heteroatoms. The standard InChI is InChI=1S/C7H5Br2F2NOS/c8-3-1-4(14-6(3)9)7(13)12-2-5(10)11/h1,5H,2H2,(H,12,13). The van der Waals surface area contributed by atoms with Gasteiger partial charge in [-0.3, -0.25) is 4.79 Å². The van der Waals surface area contributed by atoms with Crippen molar-refractivity contribution in [3.8, 4) is 0 Å². The molecule has 2 nitrogen and oxygen atoms in total. The molecule has 0 saturated heterocycles. The Bertz CT molecular complexity index is 323. The van der Waals surface area contributed by atoms with E-state index in [-0.39, 0.29) is 0 Å². The summed E-state index contributed by atoms with van der Waals surface area (Å²) in [5, 5.41) is 2.12. The summed E-state index contributed by atoms with van der Waals surface area (Å²) in [7, 11) is 0. The fourth-order valence-corrected chi connectivity index (χ4v) is 2.67. The van der Waals surface area contributed by atoms with Gasteiger partial charge in [0.05, 0.1) is 15.2 Å². The third kappa shape index (κ3) is 3.29. The summed E-state index contributed by atoms with van der Waals surface area (Å²) in [5.41, 5.74) is 0. The van der Waals surface area contributed by atoms with E-state index in [1.165, 1.54) is 11.3 Å². The first-order chi connectivity index (χ1) is 6.50. The molecule has 0 aliphatic heterocycles. The summed E-state index contributed by atoms with van der Waals surface area (Å²) in [6.07, 6.45) is -2.52. The molecule has 1 aromatic heterocycles. The fraction of sp³-hybridized carbons (Fsp3) is 0.286. The Balaban J connectivity index is 2.61. The molecule has 0 atom stereocenters. The highest BCUT2D eigenvalue weighted by molar-refractivity contribution is 9.13. The second-order valence-corrected chi connectivity index (χ2v) is 5.56. The van der Waals surface area contributed by atoms with Crippen molar-refractivity contribution >= 4 is 49.1 Å². The molecular formula is C7H5Br2F2NOS. The zero-order valence-electron chi connectivity index (χ0n) is 6.69. The lowest BCUT2D eigenvalue weighted by Crippen LogP contribution is -2.27. The van der Waals surface area contributed by atoms with Gasteiger partial charge in [0.1, 0.15) is 0 Å². The Morgan fingerprint density at radius 1 is 1.57 bits per heavy atom. The molecule has 1 amide bonds. The molecule has 1 aromatic rings. The summed E-state index contributed by atoms with van der Waals surface area (Å²) in [6, 6.07) is 1.58. The molecule has 1 N–H and O–H groups in total. The number of thiophene rings is 1. The molecule has 0 unspecified atom stereocenters. The lowest BCUT2D eigenvalue weighted by molar-refractivity contribution is 0.0895. The average Bonchev–Trinajstić information content (AvgIpc) is 2.43. The molecule has 1 rings (SSSR count). The first-order valence-electron chi connectivity index (χ1n) is 3.52. The van der Waals surface area contributed by atoms with E-state index in [2.05, 4.69) is 37.2 Å². The van der Waals surface area contributed by atoms with Crippen LogP contribution in [0.25, 0.3) is 0 Å². The Kier molecular flexibility index (Phi) is 4.46. The van der Waals surface area contributed by atoms with E-state index < -0.39 is 18.9 Å². The van der Waals surface area contributed by atoms with E-state index >= 15 is 0 Å². The minimum absolute atomic E-state index is 0.393. The average molecular weight is 349 g/mol. The van der Waals surface area contributed by atoms with Gasteiger partial charge in [0.25, 0.3) is 12.3 Å². The minimum atomic E-state index is -2.52. The zero-order chi connectivity index (χ0) is 10.7. The van der Waals surface area contributed by atoms with Crippen molar-refractivity contribution in [2.75, 3.05) is 6.54 Å². The van der Waals surface area contributed by atoms with Crippen LogP contribution >= 0.6 is 43.2 Å². The van der Waals surface area contributed by atoms with Gasteiger partial charge >= 0.3 is 0 Å². The van der Waals surface area contributed by atoms with Crippen LogP contribution in [0.5, 0.6) is 0 Å². The maximum atomic E-state index is 11.8. The molecule has 0 fully saturated rings. The maximum Gasteiger partial charge on any atom is 0.261 e. The summed E-state index contributed by atoms with van der Waals surface area (Å²) in [6.45, 7) is -0.619. The SMILES string of the molecule is O=C(NCC(F)F)c1cc(Br)c(Br)s1. The minimum Gasteiger partial charge on any atom is -0.346 e. The van der Waals surface area contributed by atoms with Crippen LogP contribution in [0.1, 0.15) is 9.67 Å². The Morgan fingerprint density at radius 3 is 2.64 bits per heavy atom. The van der Waals surface area contributed by atoms with Gasteiger partial charge in [-0.05, 0) is 37.9 Å². The van der Waals surface area contributed by atoms with E-state index in [0.717, 1.165) is 8.26 Å². The molecule has 0 bridgehead atoms. The third-order valence-corrected chi connectivity index (χ3v) is 4.54. The Morgan fingerprint density at radius 2 is 2.21 bits per heavy atom. The number of carbonyl (C=O) groups excluding carboxylic acids is 1. The van der Waals surface area contributed by atoms with Gasteiger partial charge < -0.3 is 5.32 Å². The van der Waals surface area contributed by atoms with Crippen LogP contribution in [0.15, 0.2) is 14.3 Å². The van der Waals surface area contributed by atoms with E-state index in [1.807, 2.05) is 0 Å². The van der Waals surface area contributed by atoms with Gasteiger partial charge in [-0.2, -0.15) is 0 Å². The van der Waals surface area contributed by atoms with Gasteiger partial charge in [-0.1, -0.05) is 0 Å². The summed E-state index contributed by atoms with van der Waals surface area (Å²) >= 11 is 7.59.